The van der Waals surface area contributed by atoms with Crippen molar-refractivity contribution in [3.63, 3.8) is 0 Å². The third-order valence-electron chi connectivity index (χ3n) is 2.99. The summed E-state index contributed by atoms with van der Waals surface area (Å²) < 4.78 is 16.6. The first-order chi connectivity index (χ1) is 7.69. The van der Waals surface area contributed by atoms with Gasteiger partial charge in [0.15, 0.2) is 11.5 Å². The minimum absolute atomic E-state index is 0.186. The molecule has 0 radical (unpaired) electrons. The van der Waals surface area contributed by atoms with Crippen molar-refractivity contribution < 1.29 is 14.2 Å². The van der Waals surface area contributed by atoms with Crippen LogP contribution < -0.4 is 9.47 Å². The van der Waals surface area contributed by atoms with Crippen molar-refractivity contribution in [1.82, 2.24) is 0 Å². The molecule has 3 rings (SSSR count). The number of halogens is 1. The van der Waals surface area contributed by atoms with E-state index in [1.54, 1.807) is 0 Å². The average molecular weight is 241 g/mol. The Bertz CT molecular complexity index is 427. The maximum Gasteiger partial charge on any atom is 0.179 e. The van der Waals surface area contributed by atoms with E-state index >= 15 is 0 Å². The van der Waals surface area contributed by atoms with Gasteiger partial charge in [-0.25, -0.2) is 0 Å². The normalized spacial score (nSPS) is 27.4. The van der Waals surface area contributed by atoms with Crippen LogP contribution in [-0.4, -0.2) is 19.8 Å². The number of ether oxygens (including phenoxy) is 3. The van der Waals surface area contributed by atoms with Crippen molar-refractivity contribution in [3.05, 3.63) is 22.7 Å². The van der Waals surface area contributed by atoms with Gasteiger partial charge in [-0.15, -0.1) is 0 Å². The van der Waals surface area contributed by atoms with Crippen LogP contribution in [0.2, 0.25) is 5.02 Å². The first kappa shape index (κ1) is 10.2. The number of benzene rings is 1. The Hall–Kier alpha value is -0.930. The van der Waals surface area contributed by atoms with Crippen LogP contribution in [0.1, 0.15) is 18.9 Å². The number of hydrogen-bond donors (Lipinski definition) is 0. The molecule has 2 aliphatic heterocycles. The van der Waals surface area contributed by atoms with E-state index in [2.05, 4.69) is 0 Å². The molecule has 16 heavy (non-hydrogen) atoms. The monoisotopic (exact) mass is 240 g/mol. The molecule has 1 unspecified atom stereocenters. The van der Waals surface area contributed by atoms with E-state index in [0.29, 0.717) is 24.0 Å². The van der Waals surface area contributed by atoms with Gasteiger partial charge in [0.2, 0.25) is 0 Å². The summed E-state index contributed by atoms with van der Waals surface area (Å²) in [6.45, 7) is 4.11. The second-order valence-corrected chi connectivity index (χ2v) is 4.76. The summed E-state index contributed by atoms with van der Waals surface area (Å²) >= 11 is 6.19. The number of epoxide rings is 1. The lowest BCUT2D eigenvalue weighted by atomic mass is 10.0. The molecule has 2 heterocycles. The van der Waals surface area contributed by atoms with E-state index < -0.39 is 0 Å². The van der Waals surface area contributed by atoms with Crippen LogP contribution in [0.25, 0.3) is 0 Å². The second-order valence-electron chi connectivity index (χ2n) is 4.36. The predicted molar refractivity (Wildman–Crippen MR) is 60.4 cm³/mol. The lowest BCUT2D eigenvalue weighted by molar-refractivity contribution is 0.296. The minimum atomic E-state index is -0.186. The highest BCUT2D eigenvalue weighted by molar-refractivity contribution is 6.32. The molecule has 0 amide bonds. The Labute approximate surface area is 99.3 Å². The molecule has 0 bridgehead atoms. The van der Waals surface area contributed by atoms with Crippen molar-refractivity contribution >= 4 is 11.6 Å². The summed E-state index contributed by atoms with van der Waals surface area (Å²) in [6, 6.07) is 3.88. The van der Waals surface area contributed by atoms with Crippen LogP contribution >= 0.6 is 11.6 Å². The fraction of sp³-hybridized carbons (Fsp3) is 0.500. The molecule has 86 valence electrons. The molecule has 1 atom stereocenters. The van der Waals surface area contributed by atoms with Crippen LogP contribution in [0, 0.1) is 0 Å². The molecule has 0 aromatic heterocycles. The van der Waals surface area contributed by atoms with Crippen LogP contribution in [0.3, 0.4) is 0 Å². The van der Waals surface area contributed by atoms with Crippen molar-refractivity contribution in [2.45, 2.75) is 18.9 Å². The molecule has 2 aliphatic rings. The van der Waals surface area contributed by atoms with Gasteiger partial charge in [0.1, 0.15) is 5.60 Å². The van der Waals surface area contributed by atoms with Gasteiger partial charge >= 0.3 is 0 Å². The molecule has 1 fully saturated rings. The van der Waals surface area contributed by atoms with Gasteiger partial charge in [0.05, 0.1) is 24.8 Å². The molecule has 1 saturated heterocycles. The molecule has 0 aliphatic carbocycles. The summed E-state index contributed by atoms with van der Waals surface area (Å²) in [4.78, 5) is 0. The van der Waals surface area contributed by atoms with Crippen LogP contribution in [0.4, 0.5) is 0 Å². The van der Waals surface area contributed by atoms with E-state index in [-0.39, 0.29) is 5.60 Å². The second kappa shape index (κ2) is 3.54. The Balaban J connectivity index is 2.05. The molecule has 4 heteroatoms. The predicted octanol–water partition coefficient (Wildman–Crippen LogP) is 2.75. The zero-order chi connectivity index (χ0) is 11.2. The first-order valence-electron chi connectivity index (χ1n) is 5.43. The lowest BCUT2D eigenvalue weighted by Gasteiger charge is -2.13. The fourth-order valence-electron chi connectivity index (χ4n) is 1.81. The summed E-state index contributed by atoms with van der Waals surface area (Å²) in [7, 11) is 0. The van der Waals surface area contributed by atoms with Gasteiger partial charge < -0.3 is 14.2 Å². The van der Waals surface area contributed by atoms with Gasteiger partial charge in [-0.3, -0.25) is 0 Å². The van der Waals surface area contributed by atoms with Gasteiger partial charge in [-0.05, 0) is 24.6 Å². The molecule has 1 aromatic carbocycles. The van der Waals surface area contributed by atoms with Crippen LogP contribution in [0.5, 0.6) is 11.5 Å². The highest BCUT2D eigenvalue weighted by Crippen LogP contribution is 2.45. The number of hydrogen-bond acceptors (Lipinski definition) is 3. The molecular weight excluding hydrogens is 228 g/mol. The van der Waals surface area contributed by atoms with E-state index in [1.165, 1.54) is 0 Å². The van der Waals surface area contributed by atoms with Crippen molar-refractivity contribution in [2.24, 2.45) is 0 Å². The number of fused-ring (bicyclic) bond motifs is 1. The summed E-state index contributed by atoms with van der Waals surface area (Å²) in [5.74, 6) is 1.39. The standard InChI is InChI=1S/C12H13ClO3/c1-12(7-16-12)8-5-9(13)11-10(6-8)14-3-2-4-15-11/h5-6H,2-4,7H2,1H3. The van der Waals surface area contributed by atoms with E-state index in [9.17, 15) is 0 Å². The maximum atomic E-state index is 6.19. The average Bonchev–Trinajstić information content (AvgIpc) is 3.02. The minimum Gasteiger partial charge on any atom is -0.489 e. The van der Waals surface area contributed by atoms with Crippen LogP contribution in [-0.2, 0) is 10.3 Å². The van der Waals surface area contributed by atoms with E-state index in [4.69, 9.17) is 25.8 Å². The Morgan fingerprint density at radius 3 is 2.75 bits per heavy atom. The lowest BCUT2D eigenvalue weighted by Crippen LogP contribution is -2.03. The Morgan fingerprint density at radius 2 is 2.00 bits per heavy atom. The zero-order valence-corrected chi connectivity index (χ0v) is 9.84. The third-order valence-corrected chi connectivity index (χ3v) is 3.27. The summed E-state index contributed by atoms with van der Waals surface area (Å²) in [6.07, 6.45) is 0.883. The van der Waals surface area contributed by atoms with Gasteiger partial charge in [0, 0.05) is 6.42 Å². The fourth-order valence-corrected chi connectivity index (χ4v) is 2.08. The molecule has 0 saturated carbocycles. The van der Waals surface area contributed by atoms with Gasteiger partial charge in [0.25, 0.3) is 0 Å². The van der Waals surface area contributed by atoms with E-state index in [0.717, 1.165) is 24.3 Å². The zero-order valence-electron chi connectivity index (χ0n) is 9.09. The van der Waals surface area contributed by atoms with Crippen molar-refractivity contribution in [3.8, 4) is 11.5 Å². The smallest absolute Gasteiger partial charge is 0.179 e. The molecule has 3 nitrogen and oxygen atoms in total. The Kier molecular flexibility index (Phi) is 2.26. The largest absolute Gasteiger partial charge is 0.489 e. The van der Waals surface area contributed by atoms with E-state index in [1.807, 2.05) is 19.1 Å². The maximum absolute atomic E-state index is 6.19. The first-order valence-corrected chi connectivity index (χ1v) is 5.80. The third kappa shape index (κ3) is 1.64. The molecule has 1 aromatic rings. The van der Waals surface area contributed by atoms with Crippen molar-refractivity contribution in [2.75, 3.05) is 19.8 Å². The molecule has 0 N–H and O–H groups in total. The highest BCUT2D eigenvalue weighted by Gasteiger charge is 2.42. The summed E-state index contributed by atoms with van der Waals surface area (Å²) in [5.41, 5.74) is 0.871. The molecule has 0 spiro atoms. The molecular formula is C12H13ClO3. The Morgan fingerprint density at radius 1 is 1.25 bits per heavy atom. The quantitative estimate of drug-likeness (QED) is 0.708. The van der Waals surface area contributed by atoms with Crippen molar-refractivity contribution in [1.29, 1.82) is 0 Å². The topological polar surface area (TPSA) is 31.0 Å². The summed E-state index contributed by atoms with van der Waals surface area (Å²) in [5, 5.41) is 0.603. The van der Waals surface area contributed by atoms with Gasteiger partial charge in [-0.2, -0.15) is 0 Å². The highest BCUT2D eigenvalue weighted by atomic mass is 35.5. The SMILES string of the molecule is CC1(c2cc(Cl)c3c(c2)OCCCO3)CO1. The van der Waals surface area contributed by atoms with Crippen LogP contribution in [0.15, 0.2) is 12.1 Å². The number of rotatable bonds is 1. The van der Waals surface area contributed by atoms with Gasteiger partial charge in [-0.1, -0.05) is 11.6 Å².